The minimum Gasteiger partial charge on any atom is -0.490 e. The van der Waals surface area contributed by atoms with Gasteiger partial charge in [-0.3, -0.25) is 14.9 Å². The van der Waals surface area contributed by atoms with Crippen LogP contribution in [0.2, 0.25) is 0 Å². The molecule has 0 bridgehead atoms. The van der Waals surface area contributed by atoms with Crippen molar-refractivity contribution in [3.8, 4) is 17.2 Å². The third-order valence-electron chi connectivity index (χ3n) is 4.15. The van der Waals surface area contributed by atoms with Gasteiger partial charge in [0.25, 0.3) is 5.91 Å². The van der Waals surface area contributed by atoms with E-state index in [1.807, 2.05) is 0 Å². The van der Waals surface area contributed by atoms with Gasteiger partial charge in [-0.15, -0.1) is 0 Å². The number of carbonyl (C=O) groups excluding carboxylic acids is 2. The highest BCUT2D eigenvalue weighted by Gasteiger charge is 2.18. The average Bonchev–Trinajstić information content (AvgIpc) is 3.19. The van der Waals surface area contributed by atoms with E-state index in [1.165, 1.54) is 31.4 Å². The van der Waals surface area contributed by atoms with Crippen LogP contribution in [0.25, 0.3) is 6.08 Å². The molecule has 2 aromatic rings. The van der Waals surface area contributed by atoms with Gasteiger partial charge in [-0.2, -0.15) is 0 Å². The average molecular weight is 414 g/mol. The lowest BCUT2D eigenvalue weighted by atomic mass is 10.1. The number of nitrogens with one attached hydrogen (secondary N) is 1. The molecule has 0 saturated carbocycles. The number of amides is 1. The first kappa shape index (κ1) is 20.6. The summed E-state index contributed by atoms with van der Waals surface area (Å²) >= 11 is 0. The molecule has 0 aromatic heterocycles. The Hall–Kier alpha value is -4.08. The number of esters is 1. The molecule has 0 atom stereocenters. The number of nitro groups is 1. The summed E-state index contributed by atoms with van der Waals surface area (Å²) in [5.41, 5.74) is 1.27. The Morgan fingerprint density at radius 3 is 2.73 bits per heavy atom. The minimum atomic E-state index is -0.708. The van der Waals surface area contributed by atoms with Gasteiger partial charge in [0.2, 0.25) is 6.79 Å². The SMILES string of the molecule is COc1cc(NC(=O)COC(=O)/C=C/c2ccc3c(c2)OCO3)c(C)cc1[N+](=O)[O-]. The number of hydrogen-bond donors (Lipinski definition) is 1. The zero-order valence-electron chi connectivity index (χ0n) is 16.2. The molecule has 1 heterocycles. The predicted molar refractivity (Wildman–Crippen MR) is 106 cm³/mol. The Balaban J connectivity index is 1.55. The highest BCUT2D eigenvalue weighted by molar-refractivity contribution is 5.95. The van der Waals surface area contributed by atoms with Crippen LogP contribution in [0, 0.1) is 17.0 Å². The Morgan fingerprint density at radius 2 is 2.00 bits per heavy atom. The fourth-order valence-corrected chi connectivity index (χ4v) is 2.67. The van der Waals surface area contributed by atoms with Gasteiger partial charge in [-0.25, -0.2) is 4.79 Å². The molecule has 1 N–H and O–H groups in total. The molecule has 1 aliphatic rings. The number of anilines is 1. The van der Waals surface area contributed by atoms with Crippen LogP contribution in [0.5, 0.6) is 17.2 Å². The number of ether oxygens (including phenoxy) is 4. The van der Waals surface area contributed by atoms with Crippen molar-refractivity contribution in [3.63, 3.8) is 0 Å². The molecule has 0 aliphatic carbocycles. The first-order valence-electron chi connectivity index (χ1n) is 8.74. The summed E-state index contributed by atoms with van der Waals surface area (Å²) in [6, 6.07) is 7.81. The molecule has 0 spiro atoms. The molecule has 0 unspecified atom stereocenters. The second-order valence-corrected chi connectivity index (χ2v) is 6.20. The van der Waals surface area contributed by atoms with Crippen molar-refractivity contribution in [1.29, 1.82) is 0 Å². The molecule has 30 heavy (non-hydrogen) atoms. The van der Waals surface area contributed by atoms with Gasteiger partial charge in [-0.05, 0) is 36.3 Å². The number of aryl methyl sites for hydroxylation is 1. The first-order valence-corrected chi connectivity index (χ1v) is 8.74. The number of hydrogen-bond acceptors (Lipinski definition) is 8. The lowest BCUT2D eigenvalue weighted by Gasteiger charge is -2.10. The summed E-state index contributed by atoms with van der Waals surface area (Å²) in [6.07, 6.45) is 2.71. The van der Waals surface area contributed by atoms with Crippen molar-refractivity contribution in [2.45, 2.75) is 6.92 Å². The fraction of sp³-hybridized carbons (Fsp3) is 0.200. The Morgan fingerprint density at radius 1 is 1.23 bits per heavy atom. The normalized spacial score (nSPS) is 11.9. The van der Waals surface area contributed by atoms with Crippen LogP contribution in [0.3, 0.4) is 0 Å². The van der Waals surface area contributed by atoms with E-state index < -0.39 is 23.4 Å². The van der Waals surface area contributed by atoms with Gasteiger partial charge in [0.05, 0.1) is 12.0 Å². The molecule has 0 fully saturated rings. The molecule has 3 rings (SSSR count). The smallest absolute Gasteiger partial charge is 0.331 e. The van der Waals surface area contributed by atoms with Gasteiger partial charge in [0.15, 0.2) is 23.9 Å². The van der Waals surface area contributed by atoms with E-state index in [4.69, 9.17) is 18.9 Å². The van der Waals surface area contributed by atoms with E-state index in [0.29, 0.717) is 28.3 Å². The quantitative estimate of drug-likeness (QED) is 0.317. The fourth-order valence-electron chi connectivity index (χ4n) is 2.67. The summed E-state index contributed by atoms with van der Waals surface area (Å²) in [5, 5.41) is 13.6. The molecule has 0 saturated heterocycles. The van der Waals surface area contributed by atoms with Gasteiger partial charge < -0.3 is 24.3 Å². The number of rotatable bonds is 7. The van der Waals surface area contributed by atoms with Gasteiger partial charge >= 0.3 is 11.7 Å². The van der Waals surface area contributed by atoms with E-state index in [-0.39, 0.29) is 18.2 Å². The number of fused-ring (bicyclic) bond motifs is 1. The van der Waals surface area contributed by atoms with Crippen LogP contribution < -0.4 is 19.5 Å². The van der Waals surface area contributed by atoms with Crippen molar-refractivity contribution in [1.82, 2.24) is 0 Å². The molecule has 10 heteroatoms. The number of methoxy groups -OCH3 is 1. The summed E-state index contributed by atoms with van der Waals surface area (Å²) in [5.74, 6) is -0.0902. The Bertz CT molecular complexity index is 1030. The highest BCUT2D eigenvalue weighted by atomic mass is 16.7. The third-order valence-corrected chi connectivity index (χ3v) is 4.15. The lowest BCUT2D eigenvalue weighted by Crippen LogP contribution is -2.20. The van der Waals surface area contributed by atoms with E-state index >= 15 is 0 Å². The van der Waals surface area contributed by atoms with E-state index in [1.54, 1.807) is 25.1 Å². The maximum Gasteiger partial charge on any atom is 0.331 e. The lowest BCUT2D eigenvalue weighted by molar-refractivity contribution is -0.385. The predicted octanol–water partition coefficient (Wildman–Crippen LogP) is 2.84. The maximum absolute atomic E-state index is 12.1. The monoisotopic (exact) mass is 414 g/mol. The topological polar surface area (TPSA) is 126 Å². The van der Waals surface area contributed by atoms with Gasteiger partial charge in [0, 0.05) is 23.9 Å². The van der Waals surface area contributed by atoms with Gasteiger partial charge in [0.1, 0.15) is 0 Å². The van der Waals surface area contributed by atoms with E-state index in [2.05, 4.69) is 5.32 Å². The Labute approximate surface area is 171 Å². The largest absolute Gasteiger partial charge is 0.490 e. The van der Waals surface area contributed by atoms with Crippen molar-refractivity contribution < 1.29 is 33.5 Å². The second-order valence-electron chi connectivity index (χ2n) is 6.20. The molecule has 2 aromatic carbocycles. The molecule has 156 valence electrons. The second kappa shape index (κ2) is 8.95. The van der Waals surface area contributed by atoms with E-state index in [0.717, 1.165) is 0 Å². The van der Waals surface area contributed by atoms with Crippen LogP contribution in [-0.4, -0.2) is 37.3 Å². The zero-order valence-corrected chi connectivity index (χ0v) is 16.2. The molecule has 1 aliphatic heterocycles. The summed E-state index contributed by atoms with van der Waals surface area (Å²) < 4.78 is 20.4. The molecule has 10 nitrogen and oxygen atoms in total. The first-order chi connectivity index (χ1) is 14.4. The molecule has 0 radical (unpaired) electrons. The third kappa shape index (κ3) is 4.85. The highest BCUT2D eigenvalue weighted by Crippen LogP contribution is 2.33. The van der Waals surface area contributed by atoms with Crippen LogP contribution in [0.1, 0.15) is 11.1 Å². The van der Waals surface area contributed by atoms with Crippen molar-refractivity contribution in [3.05, 3.63) is 57.6 Å². The minimum absolute atomic E-state index is 0.00422. The number of nitrogens with zero attached hydrogens (tertiary/aromatic N) is 1. The van der Waals surface area contributed by atoms with E-state index in [9.17, 15) is 19.7 Å². The maximum atomic E-state index is 12.1. The summed E-state index contributed by atoms with van der Waals surface area (Å²) in [6.45, 7) is 1.23. The van der Waals surface area contributed by atoms with Crippen molar-refractivity contribution in [2.75, 3.05) is 25.8 Å². The number of benzene rings is 2. The van der Waals surface area contributed by atoms with Crippen LogP contribution in [-0.2, 0) is 14.3 Å². The molecular weight excluding hydrogens is 396 g/mol. The summed E-state index contributed by atoms with van der Waals surface area (Å²) in [7, 11) is 1.29. The number of carbonyl (C=O) groups is 2. The molecular formula is C20H18N2O8. The van der Waals surface area contributed by atoms with Crippen LogP contribution in [0.4, 0.5) is 11.4 Å². The standard InChI is InChI=1S/C20H18N2O8/c1-12-7-15(22(25)26)17(27-2)9-14(12)21-19(23)10-28-20(24)6-4-13-3-5-16-18(8-13)30-11-29-16/h3-9H,10-11H2,1-2H3,(H,21,23)/b6-4+. The van der Waals surface area contributed by atoms with Crippen LogP contribution >= 0.6 is 0 Å². The van der Waals surface area contributed by atoms with Gasteiger partial charge in [-0.1, -0.05) is 6.07 Å². The Kier molecular flexibility index (Phi) is 6.16. The summed E-state index contributed by atoms with van der Waals surface area (Å²) in [4.78, 5) is 34.4. The number of nitro benzene ring substituents is 1. The van der Waals surface area contributed by atoms with Crippen molar-refractivity contribution in [2.24, 2.45) is 0 Å². The van der Waals surface area contributed by atoms with Crippen molar-refractivity contribution >= 4 is 29.3 Å². The zero-order chi connectivity index (χ0) is 21.7. The molecule has 1 amide bonds. The van der Waals surface area contributed by atoms with Crippen LogP contribution in [0.15, 0.2) is 36.4 Å².